The van der Waals surface area contributed by atoms with Crippen LogP contribution in [-0.4, -0.2) is 23.3 Å². The van der Waals surface area contributed by atoms with Crippen LogP contribution in [0.25, 0.3) is 11.4 Å². The second-order valence-electron chi connectivity index (χ2n) is 5.32. The van der Waals surface area contributed by atoms with Crippen molar-refractivity contribution in [3.05, 3.63) is 30.2 Å². The first-order valence-electron chi connectivity index (χ1n) is 6.76. The van der Waals surface area contributed by atoms with Gasteiger partial charge < -0.3 is 15.0 Å². The lowest BCUT2D eigenvalue weighted by molar-refractivity contribution is 0.300. The maximum absolute atomic E-state index is 6.02. The van der Waals surface area contributed by atoms with Crippen LogP contribution in [0.4, 0.5) is 0 Å². The minimum absolute atomic E-state index is 0.0337. The van der Waals surface area contributed by atoms with Crippen LogP contribution in [0.3, 0.4) is 0 Å². The highest BCUT2D eigenvalue weighted by Crippen LogP contribution is 2.28. The zero-order chi connectivity index (χ0) is 14.7. The molecule has 5 nitrogen and oxygen atoms in total. The van der Waals surface area contributed by atoms with E-state index in [0.29, 0.717) is 17.6 Å². The van der Waals surface area contributed by atoms with Crippen LogP contribution in [0.2, 0.25) is 0 Å². The predicted molar refractivity (Wildman–Crippen MR) is 77.5 cm³/mol. The summed E-state index contributed by atoms with van der Waals surface area (Å²) in [7, 11) is 1.63. The third-order valence-electron chi connectivity index (χ3n) is 3.34. The second kappa shape index (κ2) is 6.05. The molecular weight excluding hydrogens is 254 g/mol. The molecule has 0 saturated heterocycles. The van der Waals surface area contributed by atoms with Gasteiger partial charge in [0.05, 0.1) is 13.0 Å². The summed E-state index contributed by atoms with van der Waals surface area (Å²) >= 11 is 0. The number of ether oxygens (including phenoxy) is 1. The fraction of sp³-hybridized carbons (Fsp3) is 0.467. The van der Waals surface area contributed by atoms with Crippen molar-refractivity contribution in [3.8, 4) is 17.1 Å². The number of nitrogens with two attached hydrogens (primary N) is 1. The lowest BCUT2D eigenvalue weighted by Gasteiger charge is -2.20. The number of aromatic nitrogens is 2. The van der Waals surface area contributed by atoms with E-state index in [2.05, 4.69) is 24.0 Å². The van der Waals surface area contributed by atoms with E-state index in [-0.39, 0.29) is 12.0 Å². The maximum atomic E-state index is 6.02. The van der Waals surface area contributed by atoms with E-state index in [1.54, 1.807) is 7.11 Å². The molecular formula is C15H21N3O2. The SMILES string of the molecule is COc1cccc(-c2noc(C(C(C)C)C(C)N)n2)c1. The molecule has 2 N–H and O–H groups in total. The van der Waals surface area contributed by atoms with Gasteiger partial charge in [-0.1, -0.05) is 31.1 Å². The van der Waals surface area contributed by atoms with E-state index < -0.39 is 0 Å². The van der Waals surface area contributed by atoms with E-state index in [9.17, 15) is 0 Å². The van der Waals surface area contributed by atoms with Gasteiger partial charge in [0.1, 0.15) is 5.75 Å². The Morgan fingerprint density at radius 3 is 2.60 bits per heavy atom. The lowest BCUT2D eigenvalue weighted by atomic mass is 9.90. The summed E-state index contributed by atoms with van der Waals surface area (Å²) in [6.45, 7) is 6.16. The molecule has 1 aromatic heterocycles. The van der Waals surface area contributed by atoms with Crippen molar-refractivity contribution >= 4 is 0 Å². The van der Waals surface area contributed by atoms with Gasteiger partial charge in [-0.2, -0.15) is 4.98 Å². The summed E-state index contributed by atoms with van der Waals surface area (Å²) in [4.78, 5) is 4.49. The van der Waals surface area contributed by atoms with Crippen molar-refractivity contribution in [2.75, 3.05) is 7.11 Å². The van der Waals surface area contributed by atoms with Crippen molar-refractivity contribution < 1.29 is 9.26 Å². The van der Waals surface area contributed by atoms with Gasteiger partial charge in [-0.25, -0.2) is 0 Å². The van der Waals surface area contributed by atoms with Crippen LogP contribution >= 0.6 is 0 Å². The zero-order valence-corrected chi connectivity index (χ0v) is 12.3. The average molecular weight is 275 g/mol. The highest BCUT2D eigenvalue weighted by molar-refractivity contribution is 5.56. The molecule has 0 fully saturated rings. The van der Waals surface area contributed by atoms with Gasteiger partial charge in [0.2, 0.25) is 11.7 Å². The first kappa shape index (κ1) is 14.5. The van der Waals surface area contributed by atoms with E-state index in [4.69, 9.17) is 15.0 Å². The number of benzene rings is 1. The molecule has 0 bridgehead atoms. The lowest BCUT2D eigenvalue weighted by Crippen LogP contribution is -2.28. The Morgan fingerprint density at radius 2 is 2.00 bits per heavy atom. The van der Waals surface area contributed by atoms with E-state index in [1.165, 1.54) is 0 Å². The van der Waals surface area contributed by atoms with Gasteiger partial charge in [-0.3, -0.25) is 0 Å². The van der Waals surface area contributed by atoms with Gasteiger partial charge in [-0.15, -0.1) is 0 Å². The quantitative estimate of drug-likeness (QED) is 0.908. The molecule has 1 heterocycles. The molecule has 2 aromatic rings. The molecule has 108 valence electrons. The Labute approximate surface area is 119 Å². The largest absolute Gasteiger partial charge is 0.497 e. The van der Waals surface area contributed by atoms with Crippen LogP contribution in [0.1, 0.15) is 32.6 Å². The molecule has 0 aliphatic heterocycles. The monoisotopic (exact) mass is 275 g/mol. The van der Waals surface area contributed by atoms with E-state index in [0.717, 1.165) is 11.3 Å². The third kappa shape index (κ3) is 2.99. The fourth-order valence-electron chi connectivity index (χ4n) is 2.37. The van der Waals surface area contributed by atoms with Crippen molar-refractivity contribution in [1.82, 2.24) is 10.1 Å². The maximum Gasteiger partial charge on any atom is 0.231 e. The second-order valence-corrected chi connectivity index (χ2v) is 5.32. The predicted octanol–water partition coefficient (Wildman–Crippen LogP) is 2.83. The molecule has 2 rings (SSSR count). The zero-order valence-electron chi connectivity index (χ0n) is 12.3. The minimum Gasteiger partial charge on any atom is -0.497 e. The third-order valence-corrected chi connectivity index (χ3v) is 3.34. The molecule has 0 saturated carbocycles. The van der Waals surface area contributed by atoms with Crippen LogP contribution in [0, 0.1) is 5.92 Å². The summed E-state index contributed by atoms with van der Waals surface area (Å²) < 4.78 is 10.6. The standard InChI is InChI=1S/C15H21N3O2/c1-9(2)13(10(3)16)15-17-14(18-20-15)11-6-5-7-12(8-11)19-4/h5-10,13H,16H2,1-4H3. The summed E-state index contributed by atoms with van der Waals surface area (Å²) in [6.07, 6.45) is 0. The van der Waals surface area contributed by atoms with Crippen LogP contribution < -0.4 is 10.5 Å². The van der Waals surface area contributed by atoms with Crippen molar-refractivity contribution in [2.24, 2.45) is 11.7 Å². The van der Waals surface area contributed by atoms with Crippen LogP contribution in [0.5, 0.6) is 5.75 Å². The molecule has 20 heavy (non-hydrogen) atoms. The molecule has 0 aliphatic rings. The van der Waals surface area contributed by atoms with Gasteiger partial charge in [0.15, 0.2) is 0 Å². The summed E-state index contributed by atoms with van der Waals surface area (Å²) in [5.74, 6) is 2.31. The Morgan fingerprint density at radius 1 is 1.25 bits per heavy atom. The normalized spacial score (nSPS) is 14.3. The van der Waals surface area contributed by atoms with E-state index >= 15 is 0 Å². The summed E-state index contributed by atoms with van der Waals surface area (Å²) in [6, 6.07) is 7.55. The fourth-order valence-corrected chi connectivity index (χ4v) is 2.37. The molecule has 0 aliphatic carbocycles. The molecule has 5 heteroatoms. The Hall–Kier alpha value is -1.88. The van der Waals surface area contributed by atoms with Crippen molar-refractivity contribution in [3.63, 3.8) is 0 Å². The van der Waals surface area contributed by atoms with E-state index in [1.807, 2.05) is 31.2 Å². The Balaban J connectivity index is 2.32. The Kier molecular flexibility index (Phi) is 4.39. The smallest absolute Gasteiger partial charge is 0.231 e. The Bertz CT molecular complexity index is 556. The first-order chi connectivity index (χ1) is 9.52. The van der Waals surface area contributed by atoms with Crippen molar-refractivity contribution in [2.45, 2.75) is 32.7 Å². The van der Waals surface area contributed by atoms with Gasteiger partial charge in [-0.05, 0) is 25.0 Å². The molecule has 0 spiro atoms. The average Bonchev–Trinajstić information content (AvgIpc) is 2.87. The van der Waals surface area contributed by atoms with Crippen LogP contribution in [-0.2, 0) is 0 Å². The molecule has 0 amide bonds. The topological polar surface area (TPSA) is 74.2 Å². The number of hydrogen-bond acceptors (Lipinski definition) is 5. The van der Waals surface area contributed by atoms with Gasteiger partial charge in [0.25, 0.3) is 0 Å². The van der Waals surface area contributed by atoms with Crippen molar-refractivity contribution in [1.29, 1.82) is 0 Å². The number of rotatable bonds is 5. The molecule has 2 atom stereocenters. The number of hydrogen-bond donors (Lipinski definition) is 1. The number of nitrogens with zero attached hydrogens (tertiary/aromatic N) is 2. The van der Waals surface area contributed by atoms with Crippen LogP contribution in [0.15, 0.2) is 28.8 Å². The molecule has 1 aromatic carbocycles. The highest BCUT2D eigenvalue weighted by atomic mass is 16.5. The summed E-state index contributed by atoms with van der Waals surface area (Å²) in [5.41, 5.74) is 6.88. The number of methoxy groups -OCH3 is 1. The minimum atomic E-state index is -0.0337. The summed E-state index contributed by atoms with van der Waals surface area (Å²) in [5, 5.41) is 4.05. The molecule has 2 unspecified atom stereocenters. The van der Waals surface area contributed by atoms with Gasteiger partial charge >= 0.3 is 0 Å². The van der Waals surface area contributed by atoms with Gasteiger partial charge in [0, 0.05) is 11.6 Å². The molecule has 0 radical (unpaired) electrons. The first-order valence-corrected chi connectivity index (χ1v) is 6.76. The highest BCUT2D eigenvalue weighted by Gasteiger charge is 2.26.